The molecule has 29 heavy (non-hydrogen) atoms. The summed E-state index contributed by atoms with van der Waals surface area (Å²) in [4.78, 5) is 31.8. The Bertz CT molecular complexity index is 935. The number of rotatable bonds is 2. The molecule has 0 radical (unpaired) electrons. The standard InChI is InChI=1S/C23H27N3O2S/c1-4-25-19-14-17(24-23(28)26-15(2)8-7-9-16(26)3)12-13-21(19)29-20-11-6-5-10-18(20)22(25)27/h5-6,10-16H,4,7-9H2,1-3H3,(H,24,28)/t15-,16-/m0/s1. The molecule has 2 aromatic carbocycles. The van der Waals surface area contributed by atoms with Gasteiger partial charge in [0, 0.05) is 34.1 Å². The van der Waals surface area contributed by atoms with Crippen molar-refractivity contribution in [2.75, 3.05) is 16.8 Å². The molecule has 5 nitrogen and oxygen atoms in total. The second-order valence-corrected chi connectivity index (χ2v) is 8.88. The normalized spacial score (nSPS) is 21.3. The minimum atomic E-state index is -0.0661. The Morgan fingerprint density at radius 1 is 1.10 bits per heavy atom. The van der Waals surface area contributed by atoms with E-state index >= 15 is 0 Å². The maximum atomic E-state index is 13.1. The van der Waals surface area contributed by atoms with Crippen LogP contribution in [0.3, 0.4) is 0 Å². The minimum Gasteiger partial charge on any atom is -0.319 e. The van der Waals surface area contributed by atoms with Crippen LogP contribution in [0.2, 0.25) is 0 Å². The molecule has 0 spiro atoms. The molecule has 0 unspecified atom stereocenters. The monoisotopic (exact) mass is 409 g/mol. The van der Waals surface area contributed by atoms with E-state index < -0.39 is 0 Å². The topological polar surface area (TPSA) is 52.7 Å². The lowest BCUT2D eigenvalue weighted by Gasteiger charge is -2.39. The highest BCUT2D eigenvalue weighted by Crippen LogP contribution is 2.42. The molecule has 2 atom stereocenters. The Balaban J connectivity index is 1.64. The summed E-state index contributed by atoms with van der Waals surface area (Å²) < 4.78 is 0. The lowest BCUT2D eigenvalue weighted by molar-refractivity contribution is 0.0985. The van der Waals surface area contributed by atoms with Gasteiger partial charge in [-0.1, -0.05) is 23.9 Å². The van der Waals surface area contributed by atoms with Crippen molar-refractivity contribution in [3.05, 3.63) is 48.0 Å². The van der Waals surface area contributed by atoms with E-state index in [1.165, 1.54) is 0 Å². The minimum absolute atomic E-state index is 0.00361. The number of nitrogens with one attached hydrogen (secondary N) is 1. The number of piperidine rings is 1. The summed E-state index contributed by atoms with van der Waals surface area (Å²) in [7, 11) is 0. The van der Waals surface area contributed by atoms with E-state index in [1.807, 2.05) is 54.3 Å². The van der Waals surface area contributed by atoms with Gasteiger partial charge in [0.25, 0.3) is 5.91 Å². The highest BCUT2D eigenvalue weighted by Gasteiger charge is 2.30. The molecule has 152 valence electrons. The number of nitrogens with zero attached hydrogens (tertiary/aromatic N) is 2. The zero-order valence-corrected chi connectivity index (χ0v) is 18.0. The van der Waals surface area contributed by atoms with Crippen molar-refractivity contribution < 1.29 is 9.59 Å². The summed E-state index contributed by atoms with van der Waals surface area (Å²) in [5.41, 5.74) is 2.28. The van der Waals surface area contributed by atoms with Gasteiger partial charge >= 0.3 is 6.03 Å². The largest absolute Gasteiger partial charge is 0.322 e. The Labute approximate surface area is 176 Å². The molecule has 2 aliphatic heterocycles. The van der Waals surface area contributed by atoms with Crippen LogP contribution in [0.1, 0.15) is 50.4 Å². The zero-order valence-electron chi connectivity index (χ0n) is 17.1. The first-order chi connectivity index (χ1) is 14.0. The number of hydrogen-bond donors (Lipinski definition) is 1. The lowest BCUT2D eigenvalue weighted by Crippen LogP contribution is -2.49. The molecule has 0 saturated carbocycles. The second-order valence-electron chi connectivity index (χ2n) is 7.80. The zero-order chi connectivity index (χ0) is 20.5. The van der Waals surface area contributed by atoms with Crippen LogP contribution in [-0.4, -0.2) is 35.5 Å². The van der Waals surface area contributed by atoms with Gasteiger partial charge in [0.2, 0.25) is 0 Å². The van der Waals surface area contributed by atoms with Gasteiger partial charge in [-0.25, -0.2) is 4.79 Å². The van der Waals surface area contributed by atoms with Gasteiger partial charge in [-0.2, -0.15) is 0 Å². The van der Waals surface area contributed by atoms with E-state index in [0.717, 1.165) is 46.0 Å². The van der Waals surface area contributed by atoms with Gasteiger partial charge in [-0.3, -0.25) is 4.79 Å². The molecule has 3 amide bonds. The predicted molar refractivity (Wildman–Crippen MR) is 118 cm³/mol. The van der Waals surface area contributed by atoms with E-state index in [-0.39, 0.29) is 24.0 Å². The number of likely N-dealkylation sites (tertiary alicyclic amines) is 1. The molecule has 2 aromatic rings. The van der Waals surface area contributed by atoms with Crippen LogP contribution < -0.4 is 10.2 Å². The summed E-state index contributed by atoms with van der Waals surface area (Å²) in [6.07, 6.45) is 3.24. The summed E-state index contributed by atoms with van der Waals surface area (Å²) in [6.45, 7) is 6.76. The first-order valence-corrected chi connectivity index (χ1v) is 11.1. The SMILES string of the molecule is CCN1C(=O)c2ccccc2Sc2ccc(NC(=O)N3[C@@H](C)CCC[C@@H]3C)cc21. The molecule has 1 N–H and O–H groups in total. The van der Waals surface area contributed by atoms with Crippen molar-refractivity contribution in [2.45, 2.75) is 61.9 Å². The van der Waals surface area contributed by atoms with Gasteiger partial charge in [0.05, 0.1) is 11.3 Å². The fourth-order valence-electron chi connectivity index (χ4n) is 4.32. The van der Waals surface area contributed by atoms with Gasteiger partial charge in [-0.15, -0.1) is 0 Å². The van der Waals surface area contributed by atoms with Crippen molar-refractivity contribution in [3.63, 3.8) is 0 Å². The van der Waals surface area contributed by atoms with Gasteiger partial charge in [0.15, 0.2) is 0 Å². The Morgan fingerprint density at radius 3 is 2.55 bits per heavy atom. The third-order valence-electron chi connectivity index (χ3n) is 5.83. The first kappa shape index (κ1) is 19.8. The van der Waals surface area contributed by atoms with Crippen LogP contribution in [-0.2, 0) is 0 Å². The maximum absolute atomic E-state index is 13.1. The van der Waals surface area contributed by atoms with Crippen molar-refractivity contribution >= 4 is 35.1 Å². The fraction of sp³-hybridized carbons (Fsp3) is 0.391. The number of amides is 3. The average molecular weight is 410 g/mol. The molecule has 1 saturated heterocycles. The summed E-state index contributed by atoms with van der Waals surface area (Å²) >= 11 is 1.60. The molecule has 1 fully saturated rings. The molecule has 0 aliphatic carbocycles. The van der Waals surface area contributed by atoms with E-state index in [1.54, 1.807) is 16.7 Å². The molecule has 0 aromatic heterocycles. The molecular weight excluding hydrogens is 382 g/mol. The number of hydrogen-bond acceptors (Lipinski definition) is 3. The van der Waals surface area contributed by atoms with Crippen LogP contribution in [0.25, 0.3) is 0 Å². The third kappa shape index (κ3) is 3.73. The molecular formula is C23H27N3O2S. The predicted octanol–water partition coefficient (Wildman–Crippen LogP) is 5.61. The van der Waals surface area contributed by atoms with Gasteiger partial charge < -0.3 is 15.1 Å². The number of anilines is 2. The van der Waals surface area contributed by atoms with E-state index in [0.29, 0.717) is 6.54 Å². The van der Waals surface area contributed by atoms with Crippen LogP contribution in [0.15, 0.2) is 52.3 Å². The Kier molecular flexibility index (Phi) is 5.54. The van der Waals surface area contributed by atoms with Crippen molar-refractivity contribution in [1.82, 2.24) is 4.90 Å². The number of fused-ring (bicyclic) bond motifs is 2. The summed E-state index contributed by atoms with van der Waals surface area (Å²) in [6, 6.07) is 14.0. The number of urea groups is 1. The highest BCUT2D eigenvalue weighted by atomic mass is 32.2. The number of benzene rings is 2. The van der Waals surface area contributed by atoms with Crippen molar-refractivity contribution in [1.29, 1.82) is 0 Å². The summed E-state index contributed by atoms with van der Waals surface area (Å²) in [5.74, 6) is -0.00361. The van der Waals surface area contributed by atoms with Crippen molar-refractivity contribution in [3.8, 4) is 0 Å². The fourth-order valence-corrected chi connectivity index (χ4v) is 5.38. The third-order valence-corrected chi connectivity index (χ3v) is 6.97. The van der Waals surface area contributed by atoms with Crippen LogP contribution >= 0.6 is 11.8 Å². The van der Waals surface area contributed by atoms with E-state index in [9.17, 15) is 9.59 Å². The molecule has 0 bridgehead atoms. The maximum Gasteiger partial charge on any atom is 0.322 e. The average Bonchev–Trinajstić information content (AvgIpc) is 2.81. The van der Waals surface area contributed by atoms with Crippen LogP contribution in [0.5, 0.6) is 0 Å². The summed E-state index contributed by atoms with van der Waals surface area (Å²) in [5, 5.41) is 3.06. The smallest absolute Gasteiger partial charge is 0.319 e. The van der Waals surface area contributed by atoms with Crippen LogP contribution in [0.4, 0.5) is 16.2 Å². The first-order valence-electron chi connectivity index (χ1n) is 10.3. The Morgan fingerprint density at radius 2 is 1.83 bits per heavy atom. The number of carbonyl (C=O) groups is 2. The van der Waals surface area contributed by atoms with Crippen molar-refractivity contribution in [2.24, 2.45) is 0 Å². The lowest BCUT2D eigenvalue weighted by atomic mass is 9.98. The van der Waals surface area contributed by atoms with Crippen LogP contribution in [0, 0.1) is 0 Å². The molecule has 2 aliphatic rings. The molecule has 2 heterocycles. The quantitative estimate of drug-likeness (QED) is 0.701. The molecule has 4 rings (SSSR count). The van der Waals surface area contributed by atoms with Gasteiger partial charge in [0.1, 0.15) is 0 Å². The van der Waals surface area contributed by atoms with Gasteiger partial charge in [-0.05, 0) is 70.4 Å². The number of carbonyl (C=O) groups excluding carboxylic acids is 2. The van der Waals surface area contributed by atoms with E-state index in [4.69, 9.17) is 0 Å². The highest BCUT2D eigenvalue weighted by molar-refractivity contribution is 7.99. The van der Waals surface area contributed by atoms with E-state index in [2.05, 4.69) is 19.2 Å². The second kappa shape index (κ2) is 8.11. The Hall–Kier alpha value is -2.47. The molecule has 6 heteroatoms.